The number of anilines is 1. The van der Waals surface area contributed by atoms with Crippen LogP contribution in [0, 0.1) is 17.6 Å². The zero-order valence-electron chi connectivity index (χ0n) is 17.2. The Morgan fingerprint density at radius 2 is 1.97 bits per heavy atom. The van der Waals surface area contributed by atoms with Crippen LogP contribution >= 0.6 is 11.8 Å². The number of halogens is 2. The molecule has 3 aromatic rings. The molecule has 0 aliphatic rings. The predicted octanol–water partition coefficient (Wildman–Crippen LogP) is 4.71. The van der Waals surface area contributed by atoms with Crippen LogP contribution in [0.1, 0.15) is 34.6 Å². The SMILES string of the molecule is C[C@H](Nc1nc(-c2c[nH]c3ncc(F)cc23)nc(SC(C)(C)C)c1F)[C@H](C)C(=O)O. The van der Waals surface area contributed by atoms with Crippen LogP contribution in [0.3, 0.4) is 0 Å². The van der Waals surface area contributed by atoms with Gasteiger partial charge < -0.3 is 15.4 Å². The summed E-state index contributed by atoms with van der Waals surface area (Å²) >= 11 is 1.22. The van der Waals surface area contributed by atoms with Crippen LogP contribution in [-0.4, -0.2) is 41.8 Å². The molecule has 0 saturated heterocycles. The maximum absolute atomic E-state index is 15.2. The van der Waals surface area contributed by atoms with Gasteiger partial charge in [-0.3, -0.25) is 4.79 Å². The number of fused-ring (bicyclic) bond motifs is 1. The van der Waals surface area contributed by atoms with Crippen molar-refractivity contribution in [2.75, 3.05) is 5.32 Å². The van der Waals surface area contributed by atoms with Gasteiger partial charge in [-0.25, -0.2) is 19.3 Å². The summed E-state index contributed by atoms with van der Waals surface area (Å²) in [6.07, 6.45) is 2.68. The molecule has 0 unspecified atom stereocenters. The van der Waals surface area contributed by atoms with Gasteiger partial charge in [0, 0.05) is 27.9 Å². The molecule has 160 valence electrons. The molecule has 0 fully saturated rings. The molecule has 0 amide bonds. The summed E-state index contributed by atoms with van der Waals surface area (Å²) < 4.78 is 28.6. The van der Waals surface area contributed by atoms with Gasteiger partial charge in [0.05, 0.1) is 12.1 Å². The molecule has 3 N–H and O–H groups in total. The van der Waals surface area contributed by atoms with Gasteiger partial charge in [0.2, 0.25) is 0 Å². The molecule has 2 atom stereocenters. The monoisotopic (exact) mass is 435 g/mol. The highest BCUT2D eigenvalue weighted by molar-refractivity contribution is 8.00. The molecule has 3 aromatic heterocycles. The van der Waals surface area contributed by atoms with E-state index in [1.807, 2.05) is 20.8 Å². The summed E-state index contributed by atoms with van der Waals surface area (Å²) in [5.41, 5.74) is 0.918. The summed E-state index contributed by atoms with van der Waals surface area (Å²) in [7, 11) is 0. The van der Waals surface area contributed by atoms with Crippen LogP contribution in [0.25, 0.3) is 22.4 Å². The molecule has 3 rings (SSSR count). The number of carboxylic acid groups (broad SMARTS) is 1. The summed E-state index contributed by atoms with van der Waals surface area (Å²) in [5, 5.41) is 12.7. The number of nitrogens with zero attached hydrogens (tertiary/aromatic N) is 3. The lowest BCUT2D eigenvalue weighted by atomic mass is 10.0. The molecule has 0 aliphatic heterocycles. The fourth-order valence-electron chi connectivity index (χ4n) is 2.72. The van der Waals surface area contributed by atoms with E-state index in [0.29, 0.717) is 16.6 Å². The first kappa shape index (κ1) is 21.9. The zero-order valence-corrected chi connectivity index (χ0v) is 18.1. The van der Waals surface area contributed by atoms with Crippen molar-refractivity contribution in [3.8, 4) is 11.4 Å². The van der Waals surface area contributed by atoms with E-state index in [9.17, 15) is 14.3 Å². The fraction of sp³-hybridized carbons (Fsp3) is 0.400. The second-order valence-corrected chi connectivity index (χ2v) is 9.86. The van der Waals surface area contributed by atoms with Gasteiger partial charge in [0.15, 0.2) is 17.5 Å². The van der Waals surface area contributed by atoms with Gasteiger partial charge in [0.25, 0.3) is 0 Å². The first-order chi connectivity index (χ1) is 14.0. The number of carbonyl (C=O) groups is 1. The van der Waals surface area contributed by atoms with E-state index in [1.165, 1.54) is 24.8 Å². The lowest BCUT2D eigenvalue weighted by molar-refractivity contribution is -0.141. The van der Waals surface area contributed by atoms with E-state index in [4.69, 9.17) is 0 Å². The van der Waals surface area contributed by atoms with Crippen LogP contribution in [-0.2, 0) is 4.79 Å². The van der Waals surface area contributed by atoms with Crippen LogP contribution in [0.5, 0.6) is 0 Å². The number of rotatable bonds is 6. The average molecular weight is 436 g/mol. The van der Waals surface area contributed by atoms with Crippen molar-refractivity contribution in [2.45, 2.75) is 50.4 Å². The summed E-state index contributed by atoms with van der Waals surface area (Å²) in [5.74, 6) is -2.88. The standard InChI is InChI=1S/C20H23F2N5O2S/c1-9(19(28)29)10(2)25-17-14(22)18(30-20(3,4)5)27-16(26-17)13-8-24-15-12(13)6-11(21)7-23-15/h6-10H,1-5H3,(H,23,24)(H,28,29)(H,25,26,27)/t9-,10-/m0/s1. The van der Waals surface area contributed by atoms with E-state index in [0.717, 1.165) is 6.20 Å². The number of hydrogen-bond donors (Lipinski definition) is 3. The lowest BCUT2D eigenvalue weighted by Gasteiger charge is -2.22. The number of aromatic amines is 1. The van der Waals surface area contributed by atoms with Gasteiger partial charge in [-0.05, 0) is 19.9 Å². The highest BCUT2D eigenvalue weighted by Crippen LogP contribution is 2.36. The van der Waals surface area contributed by atoms with Crippen LogP contribution in [0.4, 0.5) is 14.6 Å². The van der Waals surface area contributed by atoms with Gasteiger partial charge in [-0.2, -0.15) is 4.39 Å². The smallest absolute Gasteiger partial charge is 0.308 e. The Balaban J connectivity index is 2.13. The minimum Gasteiger partial charge on any atom is -0.481 e. The summed E-state index contributed by atoms with van der Waals surface area (Å²) in [6, 6.07) is 0.717. The molecule has 3 heterocycles. The van der Waals surface area contributed by atoms with Crippen molar-refractivity contribution in [3.05, 3.63) is 30.1 Å². The van der Waals surface area contributed by atoms with Crippen LogP contribution in [0.15, 0.2) is 23.5 Å². The highest BCUT2D eigenvalue weighted by atomic mass is 32.2. The molecule has 10 heteroatoms. The van der Waals surface area contributed by atoms with Gasteiger partial charge in [-0.15, -0.1) is 0 Å². The Bertz CT molecular complexity index is 1100. The second-order valence-electron chi connectivity index (χ2n) is 8.04. The first-order valence-corrected chi connectivity index (χ1v) is 10.2. The van der Waals surface area contributed by atoms with Crippen molar-refractivity contribution in [3.63, 3.8) is 0 Å². The molecular weight excluding hydrogens is 412 g/mol. The third kappa shape index (κ3) is 4.69. The Kier molecular flexibility index (Phi) is 5.98. The molecule has 0 saturated carbocycles. The molecule has 7 nitrogen and oxygen atoms in total. The van der Waals surface area contributed by atoms with E-state index in [1.54, 1.807) is 13.1 Å². The summed E-state index contributed by atoms with van der Waals surface area (Å²) in [4.78, 5) is 26.9. The van der Waals surface area contributed by atoms with Gasteiger partial charge in [0.1, 0.15) is 16.5 Å². The van der Waals surface area contributed by atoms with Crippen molar-refractivity contribution in [1.82, 2.24) is 19.9 Å². The van der Waals surface area contributed by atoms with E-state index < -0.39 is 29.6 Å². The quantitative estimate of drug-likeness (QED) is 0.380. The number of pyridine rings is 1. The third-order valence-electron chi connectivity index (χ3n) is 4.47. The van der Waals surface area contributed by atoms with Crippen molar-refractivity contribution < 1.29 is 18.7 Å². The van der Waals surface area contributed by atoms with Crippen molar-refractivity contribution in [2.24, 2.45) is 5.92 Å². The van der Waals surface area contributed by atoms with Crippen LogP contribution < -0.4 is 5.32 Å². The number of carboxylic acids is 1. The summed E-state index contributed by atoms with van der Waals surface area (Å²) in [6.45, 7) is 8.94. The Morgan fingerprint density at radius 1 is 1.27 bits per heavy atom. The van der Waals surface area contributed by atoms with Crippen molar-refractivity contribution in [1.29, 1.82) is 0 Å². The Hall–Kier alpha value is -2.75. The minimum atomic E-state index is -1.01. The zero-order chi connectivity index (χ0) is 22.2. The van der Waals surface area contributed by atoms with Gasteiger partial charge >= 0.3 is 5.97 Å². The molecule has 30 heavy (non-hydrogen) atoms. The van der Waals surface area contributed by atoms with Gasteiger partial charge in [-0.1, -0.05) is 32.5 Å². The molecule has 0 radical (unpaired) electrons. The maximum atomic E-state index is 15.2. The first-order valence-electron chi connectivity index (χ1n) is 9.35. The van der Waals surface area contributed by atoms with E-state index in [-0.39, 0.29) is 21.4 Å². The lowest BCUT2D eigenvalue weighted by Crippen LogP contribution is -2.30. The molecular formula is C20H23F2N5O2S. The number of H-pyrrole nitrogens is 1. The minimum absolute atomic E-state index is 0.105. The van der Waals surface area contributed by atoms with Crippen molar-refractivity contribution >= 4 is 34.6 Å². The Morgan fingerprint density at radius 3 is 2.60 bits per heavy atom. The fourth-order valence-corrected chi connectivity index (χ4v) is 3.62. The average Bonchev–Trinajstić information content (AvgIpc) is 3.05. The molecule has 0 aliphatic carbocycles. The van der Waals surface area contributed by atoms with E-state index >= 15 is 4.39 Å². The largest absolute Gasteiger partial charge is 0.481 e. The molecule has 0 bridgehead atoms. The predicted molar refractivity (Wildman–Crippen MR) is 113 cm³/mol. The van der Waals surface area contributed by atoms with Crippen LogP contribution in [0.2, 0.25) is 0 Å². The maximum Gasteiger partial charge on any atom is 0.308 e. The number of thioether (sulfide) groups is 1. The second kappa shape index (κ2) is 8.17. The molecule has 0 aromatic carbocycles. The number of aromatic nitrogens is 4. The number of hydrogen-bond acceptors (Lipinski definition) is 6. The number of aliphatic carboxylic acids is 1. The Labute approximate surface area is 176 Å². The third-order valence-corrected chi connectivity index (χ3v) is 5.54. The highest BCUT2D eigenvalue weighted by Gasteiger charge is 2.26. The topological polar surface area (TPSA) is 104 Å². The normalized spacial score (nSPS) is 14.0. The van der Waals surface area contributed by atoms with E-state index in [2.05, 4.69) is 25.3 Å². The molecule has 0 spiro atoms. The number of nitrogens with one attached hydrogen (secondary N) is 2.